The molecule has 0 spiro atoms. The van der Waals surface area contributed by atoms with Crippen LogP contribution in [0, 0.1) is 0 Å². The molecule has 0 unspecified atom stereocenters. The maximum absolute atomic E-state index is 12.0. The zero-order valence-corrected chi connectivity index (χ0v) is 14.4. The Labute approximate surface area is 144 Å². The van der Waals surface area contributed by atoms with Crippen LogP contribution in [0.2, 0.25) is 0 Å². The molecule has 1 atom stereocenters. The zero-order valence-electron chi connectivity index (χ0n) is 12.0. The van der Waals surface area contributed by atoms with Crippen molar-refractivity contribution in [3.05, 3.63) is 40.9 Å². The maximum Gasteiger partial charge on any atom is 0.260 e. The highest BCUT2D eigenvalue weighted by molar-refractivity contribution is 9.10. The zero-order chi connectivity index (χ0) is 14.8. The number of hydrogen-bond donors (Lipinski definition) is 1. The van der Waals surface area contributed by atoms with Crippen molar-refractivity contribution in [2.45, 2.75) is 12.5 Å². The molecule has 1 fully saturated rings. The average Bonchev–Trinajstić information content (AvgIpc) is 2.91. The molecule has 2 N–H and O–H groups in total. The van der Waals surface area contributed by atoms with E-state index >= 15 is 0 Å². The van der Waals surface area contributed by atoms with Crippen molar-refractivity contribution < 1.29 is 9.53 Å². The van der Waals surface area contributed by atoms with Crippen LogP contribution >= 0.6 is 28.3 Å². The standard InChI is InChI=1S/C16H17BrN2O2.ClH/c17-13-3-1-12-8-15(4-2-11(12)7-13)21-10-16(20)19-6-5-14(18)9-19;/h1-4,7-8,14H,5-6,9-10,18H2;1H/t14-;/m1./s1. The average molecular weight is 386 g/mol. The Morgan fingerprint density at radius 2 is 2.00 bits per heavy atom. The number of rotatable bonds is 3. The molecule has 0 aromatic heterocycles. The van der Waals surface area contributed by atoms with Crippen molar-refractivity contribution in [2.75, 3.05) is 19.7 Å². The first-order valence-electron chi connectivity index (χ1n) is 6.97. The van der Waals surface area contributed by atoms with Crippen molar-refractivity contribution in [2.24, 2.45) is 5.73 Å². The fourth-order valence-electron chi connectivity index (χ4n) is 2.53. The Hall–Kier alpha value is -1.30. The predicted molar refractivity (Wildman–Crippen MR) is 93.6 cm³/mol. The van der Waals surface area contributed by atoms with Gasteiger partial charge in [0.25, 0.3) is 5.91 Å². The largest absolute Gasteiger partial charge is 0.484 e. The van der Waals surface area contributed by atoms with E-state index in [9.17, 15) is 4.79 Å². The van der Waals surface area contributed by atoms with E-state index in [1.807, 2.05) is 30.3 Å². The van der Waals surface area contributed by atoms with E-state index in [-0.39, 0.29) is 31.0 Å². The van der Waals surface area contributed by atoms with E-state index in [4.69, 9.17) is 10.5 Å². The van der Waals surface area contributed by atoms with E-state index in [0.29, 0.717) is 12.3 Å². The molecule has 6 heteroatoms. The summed E-state index contributed by atoms with van der Waals surface area (Å²) >= 11 is 3.45. The van der Waals surface area contributed by atoms with Gasteiger partial charge in [-0.15, -0.1) is 12.4 Å². The van der Waals surface area contributed by atoms with Crippen LogP contribution < -0.4 is 10.5 Å². The van der Waals surface area contributed by atoms with Gasteiger partial charge in [-0.2, -0.15) is 0 Å². The summed E-state index contributed by atoms with van der Waals surface area (Å²) in [6, 6.07) is 12.0. The second-order valence-electron chi connectivity index (χ2n) is 5.33. The maximum atomic E-state index is 12.0. The van der Waals surface area contributed by atoms with Gasteiger partial charge >= 0.3 is 0 Å². The molecule has 1 aliphatic heterocycles. The van der Waals surface area contributed by atoms with Gasteiger partial charge in [-0.1, -0.05) is 28.1 Å². The summed E-state index contributed by atoms with van der Waals surface area (Å²) in [6.45, 7) is 1.43. The second-order valence-corrected chi connectivity index (χ2v) is 6.25. The molecule has 0 saturated carbocycles. The lowest BCUT2D eigenvalue weighted by Gasteiger charge is -2.16. The minimum Gasteiger partial charge on any atom is -0.484 e. The van der Waals surface area contributed by atoms with E-state index < -0.39 is 0 Å². The Morgan fingerprint density at radius 3 is 2.73 bits per heavy atom. The number of likely N-dealkylation sites (tertiary alicyclic amines) is 1. The Bertz CT molecular complexity index is 680. The van der Waals surface area contributed by atoms with Gasteiger partial charge in [0.05, 0.1) is 0 Å². The summed E-state index contributed by atoms with van der Waals surface area (Å²) in [5, 5.41) is 2.22. The van der Waals surface area contributed by atoms with Crippen LogP contribution in [-0.2, 0) is 4.79 Å². The van der Waals surface area contributed by atoms with Crippen molar-refractivity contribution in [1.29, 1.82) is 0 Å². The lowest BCUT2D eigenvalue weighted by Crippen LogP contribution is -2.35. The molecule has 2 aromatic rings. The topological polar surface area (TPSA) is 55.6 Å². The first-order valence-corrected chi connectivity index (χ1v) is 7.76. The Kier molecular flexibility index (Phi) is 5.67. The summed E-state index contributed by atoms with van der Waals surface area (Å²) in [4.78, 5) is 13.8. The van der Waals surface area contributed by atoms with Crippen molar-refractivity contribution in [3.63, 3.8) is 0 Å². The molecular weight excluding hydrogens is 368 g/mol. The number of hydrogen-bond acceptors (Lipinski definition) is 3. The predicted octanol–water partition coefficient (Wildman–Crippen LogP) is 2.96. The lowest BCUT2D eigenvalue weighted by atomic mass is 10.1. The van der Waals surface area contributed by atoms with Crippen LogP contribution in [0.5, 0.6) is 5.75 Å². The van der Waals surface area contributed by atoms with Gasteiger partial charge in [0.15, 0.2) is 6.61 Å². The number of carbonyl (C=O) groups excluding carboxylic acids is 1. The van der Waals surface area contributed by atoms with Crippen LogP contribution in [0.4, 0.5) is 0 Å². The first kappa shape index (κ1) is 17.1. The summed E-state index contributed by atoms with van der Waals surface area (Å²) in [5.74, 6) is 0.709. The van der Waals surface area contributed by atoms with Gasteiger partial charge in [-0.3, -0.25) is 4.79 Å². The molecule has 1 amide bonds. The number of fused-ring (bicyclic) bond motifs is 1. The minimum absolute atomic E-state index is 0. The summed E-state index contributed by atoms with van der Waals surface area (Å²) in [5.41, 5.74) is 5.81. The van der Waals surface area contributed by atoms with Gasteiger partial charge in [0.1, 0.15) is 5.75 Å². The summed E-state index contributed by atoms with van der Waals surface area (Å²) in [7, 11) is 0. The first-order chi connectivity index (χ1) is 10.1. The monoisotopic (exact) mass is 384 g/mol. The van der Waals surface area contributed by atoms with Crippen LogP contribution in [0.15, 0.2) is 40.9 Å². The van der Waals surface area contributed by atoms with Crippen molar-refractivity contribution >= 4 is 45.0 Å². The normalized spacial score (nSPS) is 17.4. The van der Waals surface area contributed by atoms with E-state index in [2.05, 4.69) is 22.0 Å². The Morgan fingerprint density at radius 1 is 1.27 bits per heavy atom. The van der Waals surface area contributed by atoms with Gasteiger partial charge < -0.3 is 15.4 Å². The molecule has 1 aliphatic rings. The molecule has 118 valence electrons. The highest BCUT2D eigenvalue weighted by Crippen LogP contribution is 2.24. The third-order valence-corrected chi connectivity index (χ3v) is 4.21. The van der Waals surface area contributed by atoms with Crippen LogP contribution in [0.1, 0.15) is 6.42 Å². The van der Waals surface area contributed by atoms with Crippen LogP contribution in [0.25, 0.3) is 10.8 Å². The van der Waals surface area contributed by atoms with E-state index in [1.165, 1.54) is 0 Å². The molecule has 0 aliphatic carbocycles. The van der Waals surface area contributed by atoms with Gasteiger partial charge in [-0.25, -0.2) is 0 Å². The second kappa shape index (κ2) is 7.31. The highest BCUT2D eigenvalue weighted by Gasteiger charge is 2.23. The molecular formula is C16H18BrClN2O2. The number of nitrogens with two attached hydrogens (primary N) is 1. The third-order valence-electron chi connectivity index (χ3n) is 3.71. The number of benzene rings is 2. The SMILES string of the molecule is Cl.N[C@@H]1CCN(C(=O)COc2ccc3cc(Br)ccc3c2)C1. The highest BCUT2D eigenvalue weighted by atomic mass is 79.9. The number of halogens is 2. The Balaban J connectivity index is 0.00000176. The van der Waals surface area contributed by atoms with Gasteiger partial charge in [0, 0.05) is 23.6 Å². The number of nitrogens with zero attached hydrogens (tertiary/aromatic N) is 1. The van der Waals surface area contributed by atoms with E-state index in [1.54, 1.807) is 4.90 Å². The van der Waals surface area contributed by atoms with E-state index in [0.717, 1.165) is 28.2 Å². The molecule has 3 rings (SSSR count). The molecule has 0 bridgehead atoms. The summed E-state index contributed by atoms with van der Waals surface area (Å²) in [6.07, 6.45) is 0.872. The molecule has 2 aromatic carbocycles. The van der Waals surface area contributed by atoms with Crippen molar-refractivity contribution in [3.8, 4) is 5.75 Å². The third kappa shape index (κ3) is 3.91. The minimum atomic E-state index is -0.00106. The molecule has 1 saturated heterocycles. The quantitative estimate of drug-likeness (QED) is 0.884. The smallest absolute Gasteiger partial charge is 0.260 e. The lowest BCUT2D eigenvalue weighted by molar-refractivity contribution is -0.132. The molecule has 1 heterocycles. The van der Waals surface area contributed by atoms with Crippen molar-refractivity contribution in [1.82, 2.24) is 4.90 Å². The number of ether oxygens (including phenoxy) is 1. The molecule has 0 radical (unpaired) electrons. The fourth-order valence-corrected chi connectivity index (χ4v) is 2.91. The van der Waals surface area contributed by atoms with Gasteiger partial charge in [-0.05, 0) is 41.5 Å². The summed E-state index contributed by atoms with van der Waals surface area (Å²) < 4.78 is 6.66. The number of amides is 1. The fraction of sp³-hybridized carbons (Fsp3) is 0.312. The van der Waals surface area contributed by atoms with Crippen LogP contribution in [-0.4, -0.2) is 36.5 Å². The molecule has 22 heavy (non-hydrogen) atoms. The van der Waals surface area contributed by atoms with Gasteiger partial charge in [0.2, 0.25) is 0 Å². The number of carbonyl (C=O) groups is 1. The van der Waals surface area contributed by atoms with Crippen LogP contribution in [0.3, 0.4) is 0 Å². The molecule has 4 nitrogen and oxygen atoms in total.